The maximum absolute atomic E-state index is 13.2. The molecule has 3 rings (SSSR count). The van der Waals surface area contributed by atoms with Crippen LogP contribution in [0, 0.1) is 5.92 Å². The second kappa shape index (κ2) is 9.61. The monoisotopic (exact) mass is 477 g/mol. The van der Waals surface area contributed by atoms with Gasteiger partial charge in [-0.2, -0.15) is 26.3 Å². The molecule has 0 heterocycles. The van der Waals surface area contributed by atoms with Gasteiger partial charge >= 0.3 is 12.4 Å². The fraction of sp³-hybridized carbons (Fsp3) is 0.478. The molecule has 2 aromatic carbocycles. The van der Waals surface area contributed by atoms with E-state index < -0.39 is 41.4 Å². The zero-order chi connectivity index (χ0) is 24.4. The molecule has 33 heavy (non-hydrogen) atoms. The van der Waals surface area contributed by atoms with Crippen LogP contribution in [0.2, 0.25) is 0 Å². The van der Waals surface area contributed by atoms with Crippen molar-refractivity contribution >= 4 is 0 Å². The number of hydrogen-bond acceptors (Lipinski definition) is 4. The topological polar surface area (TPSA) is 64.7 Å². The molecule has 0 radical (unpaired) electrons. The van der Waals surface area contributed by atoms with Crippen molar-refractivity contribution in [1.29, 1.82) is 0 Å². The van der Waals surface area contributed by atoms with E-state index in [0.717, 1.165) is 5.56 Å². The number of alkyl halides is 6. The van der Waals surface area contributed by atoms with Crippen molar-refractivity contribution in [1.82, 2.24) is 0 Å². The molecule has 0 amide bonds. The highest BCUT2D eigenvalue weighted by atomic mass is 19.4. The van der Waals surface area contributed by atoms with Gasteiger partial charge in [-0.1, -0.05) is 30.3 Å². The first-order valence-electron chi connectivity index (χ1n) is 10.3. The minimum absolute atomic E-state index is 0.0766. The van der Waals surface area contributed by atoms with Gasteiger partial charge in [0.15, 0.2) is 0 Å². The molecule has 0 aromatic heterocycles. The summed E-state index contributed by atoms with van der Waals surface area (Å²) in [5.74, 6) is 0.0766. The van der Waals surface area contributed by atoms with E-state index in [1.54, 1.807) is 0 Å². The Morgan fingerprint density at radius 1 is 0.970 bits per heavy atom. The highest BCUT2D eigenvalue weighted by Gasteiger charge is 2.46. The molecule has 1 saturated carbocycles. The van der Waals surface area contributed by atoms with E-state index >= 15 is 0 Å². The first-order chi connectivity index (χ1) is 15.3. The number of nitrogens with two attached hydrogens (primary N) is 1. The summed E-state index contributed by atoms with van der Waals surface area (Å²) in [4.78, 5) is 0. The molecule has 10 heteroatoms. The smallest absolute Gasteiger partial charge is 0.373 e. The maximum Gasteiger partial charge on any atom is 0.416 e. The molecule has 2 atom stereocenters. The lowest BCUT2D eigenvalue weighted by molar-refractivity contribution is -0.143. The Labute approximate surface area is 187 Å². The zero-order valence-corrected chi connectivity index (χ0v) is 17.8. The lowest BCUT2D eigenvalue weighted by Crippen LogP contribution is -2.47. The number of ether oxygens (including phenoxy) is 2. The summed E-state index contributed by atoms with van der Waals surface area (Å²) in [6.45, 7) is 1.75. The summed E-state index contributed by atoms with van der Waals surface area (Å²) in [5.41, 5.74) is 2.72. The molecule has 0 saturated heterocycles. The van der Waals surface area contributed by atoms with E-state index in [1.807, 2.05) is 30.3 Å². The second-order valence-electron chi connectivity index (χ2n) is 8.44. The number of halogens is 6. The van der Waals surface area contributed by atoms with Gasteiger partial charge in [0.05, 0.1) is 30.4 Å². The Kier molecular flexibility index (Phi) is 7.42. The van der Waals surface area contributed by atoms with Crippen LogP contribution in [0.3, 0.4) is 0 Å². The van der Waals surface area contributed by atoms with Crippen LogP contribution in [-0.2, 0) is 27.2 Å². The van der Waals surface area contributed by atoms with E-state index in [2.05, 4.69) is 0 Å². The summed E-state index contributed by atoms with van der Waals surface area (Å²) >= 11 is 0. The fourth-order valence-corrected chi connectivity index (χ4v) is 4.22. The quantitative estimate of drug-likeness (QED) is 0.395. The van der Waals surface area contributed by atoms with Gasteiger partial charge in [0.1, 0.15) is 0 Å². The van der Waals surface area contributed by atoms with E-state index in [1.165, 1.54) is 6.92 Å². The zero-order valence-electron chi connectivity index (χ0n) is 17.8. The summed E-state index contributed by atoms with van der Waals surface area (Å²) < 4.78 is 90.0. The number of aliphatic hydroxyl groups is 1. The third kappa shape index (κ3) is 6.26. The minimum Gasteiger partial charge on any atom is -0.373 e. The highest BCUT2D eigenvalue weighted by Crippen LogP contribution is 2.49. The number of rotatable bonds is 8. The number of hydrogen-bond donors (Lipinski definition) is 2. The summed E-state index contributed by atoms with van der Waals surface area (Å²) in [6.07, 6.45) is -11.0. The first-order valence-corrected chi connectivity index (χ1v) is 10.3. The van der Waals surface area contributed by atoms with Crippen LogP contribution >= 0.6 is 0 Å². The van der Waals surface area contributed by atoms with Crippen LogP contribution in [0.4, 0.5) is 26.3 Å². The van der Waals surface area contributed by atoms with Crippen molar-refractivity contribution in [3.05, 3.63) is 70.8 Å². The fourth-order valence-electron chi connectivity index (χ4n) is 4.22. The van der Waals surface area contributed by atoms with E-state index in [-0.39, 0.29) is 30.8 Å². The van der Waals surface area contributed by atoms with Gasteiger partial charge in [-0.05, 0) is 55.0 Å². The largest absolute Gasteiger partial charge is 0.416 e. The van der Waals surface area contributed by atoms with Crippen molar-refractivity contribution in [3.63, 3.8) is 0 Å². The third-order valence-electron chi connectivity index (χ3n) is 5.94. The average Bonchev–Trinajstić information content (AvgIpc) is 2.71. The molecule has 1 aliphatic rings. The molecular weight excluding hydrogens is 452 g/mol. The van der Waals surface area contributed by atoms with Crippen LogP contribution in [0.15, 0.2) is 48.5 Å². The predicted octanol–water partition coefficient (Wildman–Crippen LogP) is 5.40. The number of benzene rings is 2. The molecule has 1 unspecified atom stereocenters. The lowest BCUT2D eigenvalue weighted by atomic mass is 9.59. The van der Waals surface area contributed by atoms with Gasteiger partial charge < -0.3 is 14.6 Å². The SMILES string of the molecule is C[C@@H](OCC1(c2ccccc2)CC(COC(N)O)C1)c1cc(C(F)(F)F)cc(C(F)(F)F)c1. The van der Waals surface area contributed by atoms with Crippen LogP contribution in [-0.4, -0.2) is 24.7 Å². The Morgan fingerprint density at radius 3 is 2.00 bits per heavy atom. The summed E-state index contributed by atoms with van der Waals surface area (Å²) in [7, 11) is 0. The van der Waals surface area contributed by atoms with Crippen molar-refractivity contribution in [2.75, 3.05) is 13.2 Å². The van der Waals surface area contributed by atoms with Crippen LogP contribution in [0.5, 0.6) is 0 Å². The Bertz CT molecular complexity index is 892. The van der Waals surface area contributed by atoms with Gasteiger partial charge in [-0.3, -0.25) is 5.73 Å². The second-order valence-corrected chi connectivity index (χ2v) is 8.44. The molecule has 0 spiro atoms. The van der Waals surface area contributed by atoms with Crippen LogP contribution < -0.4 is 5.73 Å². The van der Waals surface area contributed by atoms with Crippen LogP contribution in [0.25, 0.3) is 0 Å². The number of aliphatic hydroxyl groups excluding tert-OH is 1. The minimum atomic E-state index is -4.92. The van der Waals surface area contributed by atoms with Gasteiger partial charge in [0.25, 0.3) is 0 Å². The van der Waals surface area contributed by atoms with Crippen molar-refractivity contribution < 1.29 is 40.9 Å². The molecule has 1 aliphatic carbocycles. The maximum atomic E-state index is 13.2. The predicted molar refractivity (Wildman–Crippen MR) is 108 cm³/mol. The molecule has 3 N–H and O–H groups in total. The van der Waals surface area contributed by atoms with Gasteiger partial charge in [-0.25, -0.2) is 0 Å². The first kappa shape index (κ1) is 25.5. The van der Waals surface area contributed by atoms with Crippen molar-refractivity contribution in [2.24, 2.45) is 11.7 Å². The van der Waals surface area contributed by atoms with Crippen LogP contribution in [0.1, 0.15) is 48.1 Å². The van der Waals surface area contributed by atoms with Gasteiger partial charge in [0, 0.05) is 5.41 Å². The average molecular weight is 477 g/mol. The van der Waals surface area contributed by atoms with E-state index in [9.17, 15) is 26.3 Å². The normalized spacial score (nSPS) is 23.1. The summed E-state index contributed by atoms with van der Waals surface area (Å²) in [6, 6.07) is 10.8. The Morgan fingerprint density at radius 2 is 1.52 bits per heavy atom. The van der Waals surface area contributed by atoms with E-state index in [0.29, 0.717) is 25.0 Å². The highest BCUT2D eigenvalue weighted by molar-refractivity contribution is 5.35. The lowest BCUT2D eigenvalue weighted by Gasteiger charge is -2.48. The molecule has 0 aliphatic heterocycles. The Balaban J connectivity index is 1.79. The van der Waals surface area contributed by atoms with Crippen molar-refractivity contribution in [2.45, 2.75) is 50.1 Å². The molecule has 4 nitrogen and oxygen atoms in total. The van der Waals surface area contributed by atoms with E-state index in [4.69, 9.17) is 20.3 Å². The van der Waals surface area contributed by atoms with Crippen molar-refractivity contribution in [3.8, 4) is 0 Å². The standard InChI is InChI=1S/C23H25F6NO3/c1-14(16-7-18(22(24,25)26)9-19(8-16)23(27,28)29)33-13-21(17-5-3-2-4-6-17)10-15(11-21)12-32-20(30)31/h2-9,14-15,20,31H,10-13,30H2,1H3/t14-,15?,20?,21?/m1/s1. The molecule has 0 bridgehead atoms. The Hall–Kier alpha value is -2.14. The van der Waals surface area contributed by atoms with Gasteiger partial charge in [0.2, 0.25) is 6.41 Å². The van der Waals surface area contributed by atoms with Gasteiger partial charge in [-0.15, -0.1) is 0 Å². The molecular formula is C23H25F6NO3. The third-order valence-corrected chi connectivity index (χ3v) is 5.94. The summed E-state index contributed by atoms with van der Waals surface area (Å²) in [5, 5.41) is 9.10. The molecule has 2 aromatic rings. The molecule has 1 fully saturated rings. The molecule has 182 valence electrons.